The standard InChI is InChI=1S/C21H19FN4O/c22-17-5-2-1-4-15(17)12-20(27)25-18-6-3-7-19-16(18)13-24-21(26-19)14-8-10-23-11-9-14/h1-2,4-5,8-11,13,18H,3,6-7,12H2,(H,25,27). The van der Waals surface area contributed by atoms with Gasteiger partial charge in [-0.15, -0.1) is 0 Å². The summed E-state index contributed by atoms with van der Waals surface area (Å²) < 4.78 is 13.8. The second kappa shape index (κ2) is 7.61. The van der Waals surface area contributed by atoms with E-state index in [1.165, 1.54) is 6.07 Å². The van der Waals surface area contributed by atoms with Gasteiger partial charge in [0.15, 0.2) is 5.82 Å². The average Bonchev–Trinajstić information content (AvgIpc) is 2.70. The minimum Gasteiger partial charge on any atom is -0.349 e. The van der Waals surface area contributed by atoms with E-state index in [2.05, 4.69) is 20.3 Å². The van der Waals surface area contributed by atoms with Crippen LogP contribution in [0.5, 0.6) is 0 Å². The molecule has 1 N–H and O–H groups in total. The molecule has 1 aromatic carbocycles. The van der Waals surface area contributed by atoms with Crippen LogP contribution in [0.15, 0.2) is 55.0 Å². The van der Waals surface area contributed by atoms with Crippen molar-refractivity contribution in [3.05, 3.63) is 77.6 Å². The van der Waals surface area contributed by atoms with E-state index in [-0.39, 0.29) is 24.2 Å². The van der Waals surface area contributed by atoms with Crippen molar-refractivity contribution in [3.63, 3.8) is 0 Å². The van der Waals surface area contributed by atoms with Crippen molar-refractivity contribution >= 4 is 5.91 Å². The van der Waals surface area contributed by atoms with E-state index >= 15 is 0 Å². The van der Waals surface area contributed by atoms with Crippen molar-refractivity contribution in [2.24, 2.45) is 0 Å². The third-order valence-corrected chi connectivity index (χ3v) is 4.76. The molecule has 2 aromatic heterocycles. The Morgan fingerprint density at radius 2 is 2.00 bits per heavy atom. The number of benzene rings is 1. The number of nitrogens with one attached hydrogen (secondary N) is 1. The molecule has 5 nitrogen and oxygen atoms in total. The summed E-state index contributed by atoms with van der Waals surface area (Å²) in [6.45, 7) is 0. The van der Waals surface area contributed by atoms with Crippen LogP contribution in [-0.4, -0.2) is 20.9 Å². The van der Waals surface area contributed by atoms with Crippen molar-refractivity contribution in [2.45, 2.75) is 31.7 Å². The van der Waals surface area contributed by atoms with Crippen LogP contribution in [0.1, 0.15) is 35.7 Å². The lowest BCUT2D eigenvalue weighted by Crippen LogP contribution is -2.32. The fourth-order valence-corrected chi connectivity index (χ4v) is 3.40. The fraction of sp³-hybridized carbons (Fsp3) is 0.238. The highest BCUT2D eigenvalue weighted by Gasteiger charge is 2.24. The first-order valence-electron chi connectivity index (χ1n) is 8.99. The molecular weight excluding hydrogens is 343 g/mol. The number of aromatic nitrogens is 3. The molecule has 4 rings (SSSR count). The Labute approximate surface area is 156 Å². The van der Waals surface area contributed by atoms with Gasteiger partial charge in [0.2, 0.25) is 5.91 Å². The molecule has 2 heterocycles. The van der Waals surface area contributed by atoms with Gasteiger partial charge < -0.3 is 5.32 Å². The van der Waals surface area contributed by atoms with Crippen molar-refractivity contribution < 1.29 is 9.18 Å². The summed E-state index contributed by atoms with van der Waals surface area (Å²) >= 11 is 0. The molecule has 0 saturated heterocycles. The highest BCUT2D eigenvalue weighted by molar-refractivity contribution is 5.79. The lowest BCUT2D eigenvalue weighted by Gasteiger charge is -2.25. The summed E-state index contributed by atoms with van der Waals surface area (Å²) in [5, 5.41) is 3.01. The Balaban J connectivity index is 1.51. The van der Waals surface area contributed by atoms with Crippen LogP contribution >= 0.6 is 0 Å². The monoisotopic (exact) mass is 362 g/mol. The van der Waals surface area contributed by atoms with E-state index in [0.717, 1.165) is 36.1 Å². The fourth-order valence-electron chi connectivity index (χ4n) is 3.40. The number of hydrogen-bond acceptors (Lipinski definition) is 4. The zero-order valence-electron chi connectivity index (χ0n) is 14.7. The molecule has 0 radical (unpaired) electrons. The number of fused-ring (bicyclic) bond motifs is 1. The van der Waals surface area contributed by atoms with Gasteiger partial charge in [-0.1, -0.05) is 18.2 Å². The van der Waals surface area contributed by atoms with Gasteiger partial charge in [-0.25, -0.2) is 14.4 Å². The van der Waals surface area contributed by atoms with E-state index in [0.29, 0.717) is 11.4 Å². The van der Waals surface area contributed by atoms with E-state index < -0.39 is 0 Å². The highest BCUT2D eigenvalue weighted by atomic mass is 19.1. The summed E-state index contributed by atoms with van der Waals surface area (Å²) in [4.78, 5) is 25.6. The first-order chi connectivity index (χ1) is 13.2. The zero-order valence-corrected chi connectivity index (χ0v) is 14.7. The molecular formula is C21H19FN4O. The maximum absolute atomic E-state index is 13.8. The molecule has 0 bridgehead atoms. The predicted octanol–water partition coefficient (Wildman–Crippen LogP) is 3.41. The Morgan fingerprint density at radius 1 is 1.19 bits per heavy atom. The molecule has 1 unspecified atom stereocenters. The Kier molecular flexibility index (Phi) is 4.87. The molecule has 3 aromatic rings. The van der Waals surface area contributed by atoms with E-state index in [1.54, 1.807) is 36.8 Å². The number of halogens is 1. The molecule has 1 aliphatic rings. The Bertz CT molecular complexity index is 961. The van der Waals surface area contributed by atoms with Crippen LogP contribution in [0.4, 0.5) is 4.39 Å². The molecule has 136 valence electrons. The van der Waals surface area contributed by atoms with Gasteiger partial charge in [-0.05, 0) is 43.0 Å². The molecule has 27 heavy (non-hydrogen) atoms. The largest absolute Gasteiger partial charge is 0.349 e. The third kappa shape index (κ3) is 3.84. The minimum absolute atomic E-state index is 0.0223. The Morgan fingerprint density at radius 3 is 2.81 bits per heavy atom. The third-order valence-electron chi connectivity index (χ3n) is 4.76. The van der Waals surface area contributed by atoms with Crippen LogP contribution in [0.25, 0.3) is 11.4 Å². The first-order valence-corrected chi connectivity index (χ1v) is 8.99. The molecule has 0 fully saturated rings. The molecule has 0 saturated carbocycles. The lowest BCUT2D eigenvalue weighted by molar-refractivity contribution is -0.121. The van der Waals surface area contributed by atoms with Gasteiger partial charge in [-0.2, -0.15) is 0 Å². The molecule has 1 amide bonds. The van der Waals surface area contributed by atoms with E-state index in [1.807, 2.05) is 12.1 Å². The lowest BCUT2D eigenvalue weighted by atomic mass is 9.92. The van der Waals surface area contributed by atoms with Gasteiger partial charge in [0.05, 0.1) is 12.5 Å². The van der Waals surface area contributed by atoms with E-state index in [4.69, 9.17) is 0 Å². The van der Waals surface area contributed by atoms with Gasteiger partial charge >= 0.3 is 0 Å². The van der Waals surface area contributed by atoms with Crippen molar-refractivity contribution in [1.29, 1.82) is 0 Å². The summed E-state index contributed by atoms with van der Waals surface area (Å²) in [5.41, 5.74) is 3.22. The summed E-state index contributed by atoms with van der Waals surface area (Å²) in [5.74, 6) is 0.104. The molecule has 1 atom stereocenters. The number of nitrogens with zero attached hydrogens (tertiary/aromatic N) is 3. The second-order valence-corrected chi connectivity index (χ2v) is 6.61. The maximum Gasteiger partial charge on any atom is 0.225 e. The number of pyridine rings is 1. The molecule has 0 aliphatic heterocycles. The van der Waals surface area contributed by atoms with Crippen LogP contribution < -0.4 is 5.32 Å². The van der Waals surface area contributed by atoms with Crippen LogP contribution in [-0.2, 0) is 17.6 Å². The smallest absolute Gasteiger partial charge is 0.225 e. The van der Waals surface area contributed by atoms with Crippen LogP contribution in [0.3, 0.4) is 0 Å². The van der Waals surface area contributed by atoms with E-state index in [9.17, 15) is 9.18 Å². The molecule has 1 aliphatic carbocycles. The Hall–Kier alpha value is -3.15. The number of carbonyl (C=O) groups excluding carboxylic acids is 1. The van der Waals surface area contributed by atoms with Gasteiger partial charge in [0, 0.05) is 35.4 Å². The van der Waals surface area contributed by atoms with Crippen LogP contribution in [0, 0.1) is 5.82 Å². The topological polar surface area (TPSA) is 67.8 Å². The summed E-state index contributed by atoms with van der Waals surface area (Å²) in [7, 11) is 0. The summed E-state index contributed by atoms with van der Waals surface area (Å²) in [6.07, 6.45) is 7.86. The minimum atomic E-state index is -0.359. The molecule has 6 heteroatoms. The highest BCUT2D eigenvalue weighted by Crippen LogP contribution is 2.29. The normalized spacial score (nSPS) is 15.8. The van der Waals surface area contributed by atoms with Crippen LogP contribution in [0.2, 0.25) is 0 Å². The number of amides is 1. The first kappa shape index (κ1) is 17.3. The van der Waals surface area contributed by atoms with Gasteiger partial charge in [0.25, 0.3) is 0 Å². The number of carbonyl (C=O) groups is 1. The SMILES string of the molecule is O=C(Cc1ccccc1F)NC1CCCc2nc(-c3ccncc3)ncc21. The van der Waals surface area contributed by atoms with Crippen molar-refractivity contribution in [1.82, 2.24) is 20.3 Å². The van der Waals surface area contributed by atoms with Crippen molar-refractivity contribution in [2.75, 3.05) is 0 Å². The molecule has 0 spiro atoms. The summed E-state index contributed by atoms with van der Waals surface area (Å²) in [6, 6.07) is 9.96. The second-order valence-electron chi connectivity index (χ2n) is 6.61. The quantitative estimate of drug-likeness (QED) is 0.772. The van der Waals surface area contributed by atoms with Gasteiger partial charge in [-0.3, -0.25) is 9.78 Å². The number of rotatable bonds is 4. The number of hydrogen-bond donors (Lipinski definition) is 1. The zero-order chi connectivity index (χ0) is 18.6. The van der Waals surface area contributed by atoms with Crippen molar-refractivity contribution in [3.8, 4) is 11.4 Å². The number of aryl methyl sites for hydroxylation is 1. The average molecular weight is 362 g/mol. The maximum atomic E-state index is 13.8. The predicted molar refractivity (Wildman–Crippen MR) is 99.2 cm³/mol. The van der Waals surface area contributed by atoms with Gasteiger partial charge in [0.1, 0.15) is 5.82 Å².